The number of rotatable bonds is 1. The zero-order chi connectivity index (χ0) is 14.4. The third-order valence-corrected chi connectivity index (χ3v) is 3.80. The van der Waals surface area contributed by atoms with Crippen molar-refractivity contribution in [1.29, 1.82) is 0 Å². The van der Waals surface area contributed by atoms with Crippen molar-refractivity contribution in [1.82, 2.24) is 15.0 Å². The van der Waals surface area contributed by atoms with E-state index < -0.39 is 0 Å². The second-order valence-electron chi connectivity index (χ2n) is 5.10. The summed E-state index contributed by atoms with van der Waals surface area (Å²) in [6, 6.07) is 15.5. The number of para-hydroxylation sites is 3. The molecule has 0 saturated heterocycles. The molecule has 0 amide bonds. The van der Waals surface area contributed by atoms with Gasteiger partial charge in [0.2, 0.25) is 0 Å². The SMILES string of the molecule is Cc1c(-c2nc3ccccc3[nH]c2=O)[nH]c2ccccc12. The number of aromatic nitrogens is 3. The van der Waals surface area contributed by atoms with Crippen molar-refractivity contribution in [2.24, 2.45) is 0 Å². The minimum Gasteiger partial charge on any atom is -0.353 e. The Kier molecular flexibility index (Phi) is 2.44. The van der Waals surface area contributed by atoms with Gasteiger partial charge in [-0.3, -0.25) is 4.79 Å². The predicted molar refractivity (Wildman–Crippen MR) is 84.4 cm³/mol. The van der Waals surface area contributed by atoms with Crippen LogP contribution < -0.4 is 5.56 Å². The van der Waals surface area contributed by atoms with E-state index in [-0.39, 0.29) is 5.56 Å². The summed E-state index contributed by atoms with van der Waals surface area (Å²) in [5.74, 6) is 0. The van der Waals surface area contributed by atoms with Crippen LogP contribution in [-0.2, 0) is 0 Å². The number of aryl methyl sites for hydroxylation is 1. The molecule has 2 N–H and O–H groups in total. The fourth-order valence-corrected chi connectivity index (χ4v) is 2.72. The molecule has 0 fully saturated rings. The quantitative estimate of drug-likeness (QED) is 0.559. The Balaban J connectivity index is 2.06. The first-order valence-corrected chi connectivity index (χ1v) is 6.81. The van der Waals surface area contributed by atoms with Crippen LogP contribution in [0.2, 0.25) is 0 Å². The van der Waals surface area contributed by atoms with Gasteiger partial charge >= 0.3 is 0 Å². The summed E-state index contributed by atoms with van der Waals surface area (Å²) in [6.45, 7) is 2.00. The largest absolute Gasteiger partial charge is 0.353 e. The first-order valence-electron chi connectivity index (χ1n) is 6.81. The molecule has 0 spiro atoms. The zero-order valence-electron chi connectivity index (χ0n) is 11.5. The van der Waals surface area contributed by atoms with Gasteiger partial charge in [0.1, 0.15) is 0 Å². The molecule has 21 heavy (non-hydrogen) atoms. The maximum atomic E-state index is 12.3. The van der Waals surface area contributed by atoms with Gasteiger partial charge in [0.25, 0.3) is 5.56 Å². The van der Waals surface area contributed by atoms with Crippen LogP contribution in [0.3, 0.4) is 0 Å². The number of benzene rings is 2. The average molecular weight is 275 g/mol. The highest BCUT2D eigenvalue weighted by atomic mass is 16.1. The van der Waals surface area contributed by atoms with E-state index in [1.807, 2.05) is 55.5 Å². The molecule has 4 aromatic rings. The summed E-state index contributed by atoms with van der Waals surface area (Å²) in [4.78, 5) is 23.0. The van der Waals surface area contributed by atoms with Gasteiger partial charge in [-0.25, -0.2) is 4.98 Å². The minimum absolute atomic E-state index is 0.177. The molecule has 0 unspecified atom stereocenters. The van der Waals surface area contributed by atoms with E-state index in [4.69, 9.17) is 0 Å². The second-order valence-corrected chi connectivity index (χ2v) is 5.10. The number of hydrogen-bond acceptors (Lipinski definition) is 2. The van der Waals surface area contributed by atoms with Crippen LogP contribution in [-0.4, -0.2) is 15.0 Å². The molecule has 4 nitrogen and oxygen atoms in total. The van der Waals surface area contributed by atoms with Crippen LogP contribution in [0.15, 0.2) is 53.3 Å². The van der Waals surface area contributed by atoms with Crippen LogP contribution in [0, 0.1) is 6.92 Å². The molecule has 0 atom stereocenters. The van der Waals surface area contributed by atoms with Crippen LogP contribution >= 0.6 is 0 Å². The Bertz CT molecular complexity index is 1030. The lowest BCUT2D eigenvalue weighted by Gasteiger charge is -2.02. The minimum atomic E-state index is -0.177. The molecule has 0 radical (unpaired) electrons. The molecule has 0 aliphatic carbocycles. The van der Waals surface area contributed by atoms with Gasteiger partial charge in [-0.1, -0.05) is 30.3 Å². The molecule has 2 aromatic heterocycles. The third-order valence-electron chi connectivity index (χ3n) is 3.80. The summed E-state index contributed by atoms with van der Waals surface area (Å²) in [5, 5.41) is 1.11. The van der Waals surface area contributed by atoms with Crippen molar-refractivity contribution in [3.63, 3.8) is 0 Å². The van der Waals surface area contributed by atoms with E-state index in [1.165, 1.54) is 0 Å². The van der Waals surface area contributed by atoms with Gasteiger partial charge in [0, 0.05) is 10.9 Å². The van der Waals surface area contributed by atoms with Crippen LogP contribution in [0.4, 0.5) is 0 Å². The Morgan fingerprint density at radius 2 is 1.62 bits per heavy atom. The molecule has 4 heteroatoms. The lowest BCUT2D eigenvalue weighted by molar-refractivity contribution is 1.20. The second kappa shape index (κ2) is 4.31. The fourth-order valence-electron chi connectivity index (χ4n) is 2.72. The summed E-state index contributed by atoms with van der Waals surface area (Å²) in [6.07, 6.45) is 0. The molecule has 0 saturated carbocycles. The number of hydrogen-bond donors (Lipinski definition) is 2. The average Bonchev–Trinajstić information content (AvgIpc) is 2.84. The van der Waals surface area contributed by atoms with E-state index in [0.717, 1.165) is 33.2 Å². The van der Waals surface area contributed by atoms with Gasteiger partial charge < -0.3 is 9.97 Å². The van der Waals surface area contributed by atoms with Gasteiger partial charge in [-0.2, -0.15) is 0 Å². The highest BCUT2D eigenvalue weighted by Crippen LogP contribution is 2.27. The lowest BCUT2D eigenvalue weighted by Crippen LogP contribution is -2.12. The molecule has 0 aliphatic heterocycles. The van der Waals surface area contributed by atoms with Crippen molar-refractivity contribution >= 4 is 21.9 Å². The standard InChI is InChI=1S/C17H13N3O/c1-10-11-6-2-3-7-12(11)18-15(10)16-17(21)20-14-9-5-4-8-13(14)19-16/h2-9,18H,1H3,(H,20,21). The molecule has 0 bridgehead atoms. The summed E-state index contributed by atoms with van der Waals surface area (Å²) >= 11 is 0. The molecule has 4 rings (SSSR count). The Morgan fingerprint density at radius 1 is 0.905 bits per heavy atom. The van der Waals surface area contributed by atoms with Crippen LogP contribution in [0.1, 0.15) is 5.56 Å². The van der Waals surface area contributed by atoms with E-state index in [2.05, 4.69) is 15.0 Å². The first kappa shape index (κ1) is 11.9. The maximum absolute atomic E-state index is 12.3. The molecule has 0 aliphatic rings. The van der Waals surface area contributed by atoms with Crippen molar-refractivity contribution < 1.29 is 0 Å². The topological polar surface area (TPSA) is 61.5 Å². The summed E-state index contributed by atoms with van der Waals surface area (Å²) in [5.41, 5.74) is 4.62. The van der Waals surface area contributed by atoms with E-state index in [0.29, 0.717) is 5.69 Å². The molecular formula is C17H13N3O. The smallest absolute Gasteiger partial charge is 0.276 e. The maximum Gasteiger partial charge on any atom is 0.276 e. The van der Waals surface area contributed by atoms with Crippen LogP contribution in [0.5, 0.6) is 0 Å². The van der Waals surface area contributed by atoms with Gasteiger partial charge in [0.05, 0.1) is 16.7 Å². The monoisotopic (exact) mass is 275 g/mol. The number of H-pyrrole nitrogens is 2. The third kappa shape index (κ3) is 1.76. The van der Waals surface area contributed by atoms with Gasteiger partial charge in [-0.15, -0.1) is 0 Å². The predicted octanol–water partition coefficient (Wildman–Crippen LogP) is 3.38. The number of aromatic amines is 2. The van der Waals surface area contributed by atoms with E-state index >= 15 is 0 Å². The number of nitrogens with zero attached hydrogens (tertiary/aromatic N) is 1. The summed E-state index contributed by atoms with van der Waals surface area (Å²) in [7, 11) is 0. The van der Waals surface area contributed by atoms with Crippen molar-refractivity contribution in [3.05, 3.63) is 64.4 Å². The van der Waals surface area contributed by atoms with Crippen molar-refractivity contribution in [3.8, 4) is 11.4 Å². The van der Waals surface area contributed by atoms with Gasteiger partial charge in [-0.05, 0) is 30.7 Å². The number of fused-ring (bicyclic) bond motifs is 2. The highest BCUT2D eigenvalue weighted by Gasteiger charge is 2.14. The molecule has 2 heterocycles. The summed E-state index contributed by atoms with van der Waals surface area (Å²) < 4.78 is 0. The normalized spacial score (nSPS) is 11.3. The zero-order valence-corrected chi connectivity index (χ0v) is 11.5. The van der Waals surface area contributed by atoms with Gasteiger partial charge in [0.15, 0.2) is 5.69 Å². The van der Waals surface area contributed by atoms with Crippen molar-refractivity contribution in [2.45, 2.75) is 6.92 Å². The van der Waals surface area contributed by atoms with Crippen molar-refractivity contribution in [2.75, 3.05) is 0 Å². The number of nitrogens with one attached hydrogen (secondary N) is 2. The highest BCUT2D eigenvalue weighted by molar-refractivity contribution is 5.90. The van der Waals surface area contributed by atoms with E-state index in [1.54, 1.807) is 0 Å². The Labute approximate surface area is 120 Å². The lowest BCUT2D eigenvalue weighted by atomic mass is 10.1. The Hall–Kier alpha value is -2.88. The Morgan fingerprint density at radius 3 is 2.43 bits per heavy atom. The van der Waals surface area contributed by atoms with E-state index in [9.17, 15) is 4.79 Å². The molecular weight excluding hydrogens is 262 g/mol. The first-order chi connectivity index (χ1) is 10.2. The fraction of sp³-hybridized carbons (Fsp3) is 0.0588. The van der Waals surface area contributed by atoms with Crippen LogP contribution in [0.25, 0.3) is 33.3 Å². The molecule has 2 aromatic carbocycles. The molecule has 102 valence electrons.